The van der Waals surface area contributed by atoms with Gasteiger partial charge in [-0.25, -0.2) is 0 Å². The van der Waals surface area contributed by atoms with Gasteiger partial charge in [0.2, 0.25) is 0 Å². The molecule has 30 valence electrons. The van der Waals surface area contributed by atoms with Crippen LogP contribution < -0.4 is 0 Å². The Kier molecular flexibility index (Phi) is 1.20. The van der Waals surface area contributed by atoms with Gasteiger partial charge in [0, 0.05) is 0 Å². The summed E-state index contributed by atoms with van der Waals surface area (Å²) in [7, 11) is 5.40. The van der Waals surface area contributed by atoms with Crippen molar-refractivity contribution in [2.24, 2.45) is 0 Å². The van der Waals surface area contributed by atoms with Gasteiger partial charge in [-0.2, -0.15) is 0 Å². The molecule has 1 rings (SSSR count). The Balaban J connectivity index is 2.00. The molecular weight excluding hydrogens is 150 g/mol. The fourth-order valence-electron chi connectivity index (χ4n) is 0.111. The predicted octanol–water partition coefficient (Wildman–Crippen LogP) is -0.0670. The van der Waals surface area contributed by atoms with Crippen LogP contribution in [0.2, 0.25) is 0 Å². The number of hydrogen-bond acceptors (Lipinski definition) is 1. The van der Waals surface area contributed by atoms with Crippen LogP contribution in [0.25, 0.3) is 0 Å². The molecule has 3 heteroatoms. The van der Waals surface area contributed by atoms with E-state index >= 15 is 0 Å². The molecule has 1 nitrogen and oxygen atoms in total. The number of hydrogen-bond donors (Lipinski definition) is 0. The zero-order valence-electron chi connectivity index (χ0n) is 2.57. The van der Waals surface area contributed by atoms with E-state index in [1.165, 1.54) is 0 Å². The molecule has 1 aliphatic heterocycles. The molecule has 0 radical (unpaired) electrons. The van der Waals surface area contributed by atoms with Crippen LogP contribution >= 0.6 is 9.95 Å². The predicted molar refractivity (Wildman–Crippen MR) is 22.7 cm³/mol. The Labute approximate surface area is 41.5 Å². The summed E-state index contributed by atoms with van der Waals surface area (Å²) in [6.45, 7) is 0.934. The van der Waals surface area contributed by atoms with Crippen molar-refractivity contribution in [2.45, 2.75) is 4.89 Å². The van der Waals surface area contributed by atoms with Gasteiger partial charge in [-0.15, -0.1) is 0 Å². The Morgan fingerprint density at radius 1 is 2.00 bits per heavy atom. The fourth-order valence-corrected chi connectivity index (χ4v) is 1.23. The number of epoxide rings is 1. The van der Waals surface area contributed by atoms with Gasteiger partial charge >= 0.3 is 41.0 Å². The van der Waals surface area contributed by atoms with Crippen molar-refractivity contribution in [3.8, 4) is 0 Å². The summed E-state index contributed by atoms with van der Waals surface area (Å²) in [5, 5.41) is 0. The van der Waals surface area contributed by atoms with Crippen molar-refractivity contribution in [2.75, 3.05) is 6.61 Å². The molecular formula is C2H4AsClO. The number of rotatable bonds is 1. The van der Waals surface area contributed by atoms with Crippen LogP contribution in [0.15, 0.2) is 0 Å². The molecule has 2 atom stereocenters. The van der Waals surface area contributed by atoms with Crippen LogP contribution in [0.4, 0.5) is 0 Å². The van der Waals surface area contributed by atoms with Crippen LogP contribution in [-0.4, -0.2) is 26.3 Å². The van der Waals surface area contributed by atoms with E-state index < -0.39 is 0 Å². The van der Waals surface area contributed by atoms with E-state index in [2.05, 4.69) is 0 Å². The zero-order valence-corrected chi connectivity index (χ0v) is 5.42. The maximum atomic E-state index is 5.40. The molecule has 1 aliphatic rings. The molecule has 0 aromatic heterocycles. The van der Waals surface area contributed by atoms with E-state index in [4.69, 9.17) is 14.7 Å². The fraction of sp³-hybridized carbons (Fsp3) is 1.00. The van der Waals surface area contributed by atoms with Crippen molar-refractivity contribution >= 4 is 24.8 Å². The Hall–Kier alpha value is 0.808. The van der Waals surface area contributed by atoms with E-state index in [1.54, 1.807) is 0 Å². The van der Waals surface area contributed by atoms with E-state index in [0.29, 0.717) is 4.89 Å². The van der Waals surface area contributed by atoms with Crippen LogP contribution in [0.1, 0.15) is 0 Å². The van der Waals surface area contributed by atoms with Crippen LogP contribution in [0.5, 0.6) is 0 Å². The molecule has 1 fully saturated rings. The Morgan fingerprint density at radius 3 is 2.60 bits per heavy atom. The van der Waals surface area contributed by atoms with Gasteiger partial charge in [0.1, 0.15) is 0 Å². The molecule has 0 aromatic rings. The standard InChI is InChI=1S/C2H4AsClO/c4-3-2-1-5-2/h2-3H,1H2. The minimum atomic E-state index is -0.194. The molecule has 2 unspecified atom stereocenters. The summed E-state index contributed by atoms with van der Waals surface area (Å²) >= 11 is -0.194. The first kappa shape index (κ1) is 3.98. The van der Waals surface area contributed by atoms with E-state index in [0.717, 1.165) is 6.61 Å². The summed E-state index contributed by atoms with van der Waals surface area (Å²) in [4.78, 5) is 0.525. The van der Waals surface area contributed by atoms with Crippen molar-refractivity contribution < 1.29 is 4.74 Å². The average Bonchev–Trinajstić information content (AvgIpc) is 2.12. The van der Waals surface area contributed by atoms with Crippen molar-refractivity contribution in [1.82, 2.24) is 0 Å². The van der Waals surface area contributed by atoms with Crippen LogP contribution in [0, 0.1) is 0 Å². The normalized spacial score (nSPS) is 36.6. The van der Waals surface area contributed by atoms with Crippen molar-refractivity contribution in [3.63, 3.8) is 0 Å². The minimum absolute atomic E-state index is 0.194. The molecule has 1 saturated heterocycles. The molecule has 0 spiro atoms. The summed E-state index contributed by atoms with van der Waals surface area (Å²) in [5.41, 5.74) is 0. The van der Waals surface area contributed by atoms with Crippen LogP contribution in [0.3, 0.4) is 0 Å². The summed E-state index contributed by atoms with van der Waals surface area (Å²) < 4.78 is 4.78. The summed E-state index contributed by atoms with van der Waals surface area (Å²) in [6, 6.07) is 0. The first-order chi connectivity index (χ1) is 2.43. The van der Waals surface area contributed by atoms with Gasteiger partial charge in [0.25, 0.3) is 0 Å². The van der Waals surface area contributed by atoms with Gasteiger partial charge in [0.05, 0.1) is 0 Å². The summed E-state index contributed by atoms with van der Waals surface area (Å²) in [5.74, 6) is 0. The molecule has 0 aliphatic carbocycles. The Morgan fingerprint density at radius 2 is 2.60 bits per heavy atom. The second kappa shape index (κ2) is 1.50. The van der Waals surface area contributed by atoms with Crippen molar-refractivity contribution in [3.05, 3.63) is 0 Å². The third-order valence-electron chi connectivity index (χ3n) is 0.455. The Bertz CT molecular complexity index is 36.6. The maximum absolute atomic E-state index is 5.40. The number of ether oxygens (including phenoxy) is 1. The molecule has 1 heterocycles. The molecule has 0 bridgehead atoms. The topological polar surface area (TPSA) is 12.5 Å². The first-order valence-electron chi connectivity index (χ1n) is 1.41. The average molecular weight is 154 g/mol. The molecule has 0 amide bonds. The van der Waals surface area contributed by atoms with Crippen LogP contribution in [-0.2, 0) is 4.74 Å². The van der Waals surface area contributed by atoms with Gasteiger partial charge in [0.15, 0.2) is 0 Å². The first-order valence-corrected chi connectivity index (χ1v) is 5.38. The molecule has 5 heavy (non-hydrogen) atoms. The van der Waals surface area contributed by atoms with Gasteiger partial charge in [-0.3, -0.25) is 0 Å². The van der Waals surface area contributed by atoms with E-state index in [1.807, 2.05) is 0 Å². The molecule has 0 aromatic carbocycles. The van der Waals surface area contributed by atoms with Gasteiger partial charge in [-0.05, 0) is 0 Å². The second-order valence-corrected chi connectivity index (χ2v) is 3.87. The quantitative estimate of drug-likeness (QED) is 0.381. The summed E-state index contributed by atoms with van der Waals surface area (Å²) in [6.07, 6.45) is 0. The second-order valence-electron chi connectivity index (χ2n) is 0.931. The van der Waals surface area contributed by atoms with Gasteiger partial charge in [-0.1, -0.05) is 0 Å². The van der Waals surface area contributed by atoms with Gasteiger partial charge < -0.3 is 0 Å². The number of halogens is 1. The third-order valence-corrected chi connectivity index (χ3v) is 2.93. The molecule has 0 saturated carbocycles. The van der Waals surface area contributed by atoms with Crippen molar-refractivity contribution in [1.29, 1.82) is 0 Å². The molecule has 0 N–H and O–H groups in total. The SMILES string of the molecule is Cl[AsH]C1CO1. The third kappa shape index (κ3) is 1.12. The van der Waals surface area contributed by atoms with E-state index in [9.17, 15) is 0 Å². The zero-order chi connectivity index (χ0) is 3.70. The van der Waals surface area contributed by atoms with E-state index in [-0.39, 0.29) is 14.8 Å². The monoisotopic (exact) mass is 154 g/mol.